The van der Waals surface area contributed by atoms with Gasteiger partial charge in [0.05, 0.1) is 16.7 Å². The Balaban J connectivity index is 1.79. The van der Waals surface area contributed by atoms with Crippen LogP contribution >= 0.6 is 0 Å². The standard InChI is InChI=1S/C19H26N6O3/c1-13(2)23(12-15-4-6-17(7-5-15)25(27)28)19(26)18-14(3)24(22-21-18)16-8-10-20-11-9-16/h4-7,13,16,20H,8-12H2,1-3H3. The Kier molecular flexibility index (Phi) is 6.03. The summed E-state index contributed by atoms with van der Waals surface area (Å²) >= 11 is 0. The van der Waals surface area contributed by atoms with Crippen LogP contribution in [0.25, 0.3) is 0 Å². The average Bonchev–Trinajstić information content (AvgIpc) is 3.07. The van der Waals surface area contributed by atoms with E-state index >= 15 is 0 Å². The number of nitrogens with one attached hydrogen (secondary N) is 1. The highest BCUT2D eigenvalue weighted by Gasteiger charge is 2.27. The maximum absolute atomic E-state index is 13.2. The van der Waals surface area contributed by atoms with Crippen LogP contribution in [0.1, 0.15) is 54.5 Å². The Bertz CT molecular complexity index is 840. The van der Waals surface area contributed by atoms with Gasteiger partial charge in [0.25, 0.3) is 11.6 Å². The topological polar surface area (TPSA) is 106 Å². The van der Waals surface area contributed by atoms with Crippen molar-refractivity contribution in [2.75, 3.05) is 13.1 Å². The minimum atomic E-state index is -0.433. The minimum Gasteiger partial charge on any atom is -0.330 e. The maximum Gasteiger partial charge on any atom is 0.276 e. The molecule has 0 radical (unpaired) electrons. The number of carbonyl (C=O) groups is 1. The zero-order chi connectivity index (χ0) is 20.3. The van der Waals surface area contributed by atoms with Crippen molar-refractivity contribution in [3.63, 3.8) is 0 Å². The second-order valence-corrected chi connectivity index (χ2v) is 7.40. The summed E-state index contributed by atoms with van der Waals surface area (Å²) in [7, 11) is 0. The van der Waals surface area contributed by atoms with Crippen molar-refractivity contribution in [2.45, 2.75) is 52.2 Å². The van der Waals surface area contributed by atoms with Gasteiger partial charge in [0, 0.05) is 24.7 Å². The molecule has 1 aliphatic heterocycles. The molecular formula is C19H26N6O3. The van der Waals surface area contributed by atoms with E-state index in [4.69, 9.17) is 0 Å². The molecular weight excluding hydrogens is 360 g/mol. The molecule has 1 aromatic carbocycles. The van der Waals surface area contributed by atoms with Gasteiger partial charge in [-0.15, -0.1) is 5.10 Å². The molecule has 1 saturated heterocycles. The molecule has 9 nitrogen and oxygen atoms in total. The number of nitro groups is 1. The molecule has 3 rings (SSSR count). The Morgan fingerprint density at radius 3 is 2.54 bits per heavy atom. The molecule has 28 heavy (non-hydrogen) atoms. The van der Waals surface area contributed by atoms with Gasteiger partial charge in [-0.3, -0.25) is 14.9 Å². The molecule has 0 aliphatic carbocycles. The van der Waals surface area contributed by atoms with Crippen molar-refractivity contribution in [1.82, 2.24) is 25.2 Å². The van der Waals surface area contributed by atoms with Crippen LogP contribution in [0, 0.1) is 17.0 Å². The van der Waals surface area contributed by atoms with Gasteiger partial charge >= 0.3 is 0 Å². The fourth-order valence-corrected chi connectivity index (χ4v) is 3.48. The zero-order valence-electron chi connectivity index (χ0n) is 16.5. The van der Waals surface area contributed by atoms with Gasteiger partial charge in [-0.2, -0.15) is 0 Å². The van der Waals surface area contributed by atoms with Crippen LogP contribution in [0.3, 0.4) is 0 Å². The van der Waals surface area contributed by atoms with E-state index in [0.717, 1.165) is 37.2 Å². The quantitative estimate of drug-likeness (QED) is 0.604. The van der Waals surface area contributed by atoms with Crippen molar-refractivity contribution in [1.29, 1.82) is 0 Å². The predicted molar refractivity (Wildman–Crippen MR) is 104 cm³/mol. The van der Waals surface area contributed by atoms with Crippen molar-refractivity contribution in [3.8, 4) is 0 Å². The van der Waals surface area contributed by atoms with Crippen LogP contribution in [0.5, 0.6) is 0 Å². The summed E-state index contributed by atoms with van der Waals surface area (Å²) in [5, 5.41) is 22.6. The van der Waals surface area contributed by atoms with E-state index in [2.05, 4.69) is 15.6 Å². The molecule has 0 unspecified atom stereocenters. The van der Waals surface area contributed by atoms with E-state index < -0.39 is 4.92 Å². The number of rotatable bonds is 6. The Labute approximate surface area is 163 Å². The first kappa shape index (κ1) is 19.9. The molecule has 150 valence electrons. The van der Waals surface area contributed by atoms with Gasteiger partial charge in [-0.25, -0.2) is 4.68 Å². The molecule has 1 amide bonds. The second-order valence-electron chi connectivity index (χ2n) is 7.40. The van der Waals surface area contributed by atoms with Crippen molar-refractivity contribution >= 4 is 11.6 Å². The summed E-state index contributed by atoms with van der Waals surface area (Å²) in [6.45, 7) is 8.00. The summed E-state index contributed by atoms with van der Waals surface area (Å²) < 4.78 is 1.87. The van der Waals surface area contributed by atoms with E-state index in [9.17, 15) is 14.9 Å². The van der Waals surface area contributed by atoms with Crippen LogP contribution in [0.4, 0.5) is 5.69 Å². The largest absolute Gasteiger partial charge is 0.330 e. The minimum absolute atomic E-state index is 0.0342. The van der Waals surface area contributed by atoms with E-state index in [1.807, 2.05) is 25.5 Å². The van der Waals surface area contributed by atoms with E-state index in [1.54, 1.807) is 17.0 Å². The zero-order valence-corrected chi connectivity index (χ0v) is 16.5. The van der Waals surface area contributed by atoms with E-state index in [1.165, 1.54) is 12.1 Å². The smallest absolute Gasteiger partial charge is 0.276 e. The van der Waals surface area contributed by atoms with Gasteiger partial charge < -0.3 is 10.2 Å². The lowest BCUT2D eigenvalue weighted by atomic mass is 10.1. The Morgan fingerprint density at radius 1 is 1.32 bits per heavy atom. The number of amides is 1. The monoisotopic (exact) mass is 386 g/mol. The molecule has 0 saturated carbocycles. The summed E-state index contributed by atoms with van der Waals surface area (Å²) in [6.07, 6.45) is 1.93. The number of hydrogen-bond acceptors (Lipinski definition) is 6. The summed E-state index contributed by atoms with van der Waals surface area (Å²) in [5.41, 5.74) is 2.02. The van der Waals surface area contributed by atoms with Crippen LogP contribution in [0.2, 0.25) is 0 Å². The maximum atomic E-state index is 13.2. The number of nitro benzene ring substituents is 1. The number of hydrogen-bond donors (Lipinski definition) is 1. The third kappa shape index (κ3) is 4.19. The lowest BCUT2D eigenvalue weighted by Gasteiger charge is -2.27. The average molecular weight is 386 g/mol. The molecule has 1 aromatic heterocycles. The number of piperidine rings is 1. The number of nitrogens with zero attached hydrogens (tertiary/aromatic N) is 5. The Morgan fingerprint density at radius 2 is 1.96 bits per heavy atom. The molecule has 1 fully saturated rings. The molecule has 1 aliphatic rings. The fourth-order valence-electron chi connectivity index (χ4n) is 3.48. The van der Waals surface area contributed by atoms with Crippen molar-refractivity contribution in [3.05, 3.63) is 51.3 Å². The number of aromatic nitrogens is 3. The highest BCUT2D eigenvalue weighted by molar-refractivity contribution is 5.93. The number of benzene rings is 1. The Hall–Kier alpha value is -2.81. The van der Waals surface area contributed by atoms with Crippen LogP contribution in [0.15, 0.2) is 24.3 Å². The lowest BCUT2D eigenvalue weighted by molar-refractivity contribution is -0.384. The fraction of sp³-hybridized carbons (Fsp3) is 0.526. The third-order valence-corrected chi connectivity index (χ3v) is 5.17. The number of non-ortho nitro benzene ring substituents is 1. The van der Waals surface area contributed by atoms with Gasteiger partial charge in [0.2, 0.25) is 0 Å². The molecule has 0 bridgehead atoms. The lowest BCUT2D eigenvalue weighted by Crippen LogP contribution is -2.37. The first-order chi connectivity index (χ1) is 13.4. The summed E-state index contributed by atoms with van der Waals surface area (Å²) in [6, 6.07) is 6.48. The molecule has 1 N–H and O–H groups in total. The molecule has 9 heteroatoms. The first-order valence-electron chi connectivity index (χ1n) is 9.55. The van der Waals surface area contributed by atoms with Crippen LogP contribution in [-0.2, 0) is 6.54 Å². The van der Waals surface area contributed by atoms with Gasteiger partial charge in [-0.1, -0.05) is 17.3 Å². The van der Waals surface area contributed by atoms with E-state index in [0.29, 0.717) is 12.2 Å². The highest BCUT2D eigenvalue weighted by atomic mass is 16.6. The summed E-state index contributed by atoms with van der Waals surface area (Å²) in [4.78, 5) is 25.3. The van der Waals surface area contributed by atoms with Crippen molar-refractivity contribution in [2.24, 2.45) is 0 Å². The SMILES string of the molecule is Cc1c(C(=O)N(Cc2ccc([N+](=O)[O-])cc2)C(C)C)nnn1C1CCNCC1. The normalized spacial score (nSPS) is 15.0. The van der Waals surface area contributed by atoms with Crippen molar-refractivity contribution < 1.29 is 9.72 Å². The second kappa shape index (κ2) is 8.47. The van der Waals surface area contributed by atoms with E-state index in [-0.39, 0.29) is 23.7 Å². The highest BCUT2D eigenvalue weighted by Crippen LogP contribution is 2.22. The van der Waals surface area contributed by atoms with Gasteiger partial charge in [-0.05, 0) is 52.3 Å². The molecule has 0 spiro atoms. The first-order valence-corrected chi connectivity index (χ1v) is 9.55. The molecule has 0 atom stereocenters. The van der Waals surface area contributed by atoms with Crippen LogP contribution in [-0.4, -0.2) is 49.9 Å². The van der Waals surface area contributed by atoms with Gasteiger partial charge in [0.15, 0.2) is 5.69 Å². The van der Waals surface area contributed by atoms with Crippen LogP contribution < -0.4 is 5.32 Å². The predicted octanol–water partition coefficient (Wildman–Crippen LogP) is 2.47. The number of carbonyl (C=O) groups excluding carboxylic acids is 1. The molecule has 2 heterocycles. The summed E-state index contributed by atoms with van der Waals surface area (Å²) in [5.74, 6) is -0.175. The molecule has 2 aromatic rings. The third-order valence-electron chi connectivity index (χ3n) is 5.17. The van der Waals surface area contributed by atoms with Gasteiger partial charge in [0.1, 0.15) is 0 Å².